The van der Waals surface area contributed by atoms with Crippen LogP contribution in [0.25, 0.3) is 11.0 Å². The summed E-state index contributed by atoms with van der Waals surface area (Å²) in [4.78, 5) is 8.75. The zero-order valence-electron chi connectivity index (χ0n) is 10.4. The molecule has 0 aliphatic carbocycles. The average Bonchev–Trinajstić information content (AvgIpc) is 2.48. The lowest BCUT2D eigenvalue weighted by Gasteiger charge is -2.13. The topological polar surface area (TPSA) is 51.8 Å². The van der Waals surface area contributed by atoms with Gasteiger partial charge in [0, 0.05) is 5.02 Å². The Bertz CT molecular complexity index is 776. The number of para-hydroxylation sites is 2. The normalized spacial score (nSPS) is 12.6. The molecule has 0 saturated heterocycles. The molecule has 2 N–H and O–H groups in total. The third kappa shape index (κ3) is 2.35. The number of aromatic nitrogens is 2. The van der Waals surface area contributed by atoms with Crippen LogP contribution >= 0.6 is 11.6 Å². The van der Waals surface area contributed by atoms with Crippen LogP contribution in [-0.4, -0.2) is 9.97 Å². The van der Waals surface area contributed by atoms with E-state index in [0.29, 0.717) is 16.3 Å². The molecule has 0 saturated carbocycles. The molecule has 1 unspecified atom stereocenters. The van der Waals surface area contributed by atoms with E-state index in [1.807, 2.05) is 24.3 Å². The van der Waals surface area contributed by atoms with Crippen molar-refractivity contribution < 1.29 is 4.39 Å². The maximum atomic E-state index is 13.3. The minimum atomic E-state index is -0.615. The largest absolute Gasteiger partial charge is 0.319 e. The first-order chi connectivity index (χ1) is 9.65. The van der Waals surface area contributed by atoms with Gasteiger partial charge in [-0.15, -0.1) is 0 Å². The summed E-state index contributed by atoms with van der Waals surface area (Å²) in [5.41, 5.74) is 8.70. The van der Waals surface area contributed by atoms with Crippen molar-refractivity contribution in [3.63, 3.8) is 0 Å². The number of rotatable bonds is 2. The number of nitrogens with two attached hydrogens (primary N) is 1. The van der Waals surface area contributed by atoms with Crippen LogP contribution in [0, 0.1) is 5.82 Å². The van der Waals surface area contributed by atoms with E-state index >= 15 is 0 Å². The molecule has 3 rings (SSSR count). The summed E-state index contributed by atoms with van der Waals surface area (Å²) in [6.45, 7) is 0. The molecule has 1 heterocycles. The van der Waals surface area contributed by atoms with Gasteiger partial charge in [-0.05, 0) is 35.9 Å². The van der Waals surface area contributed by atoms with E-state index in [4.69, 9.17) is 17.3 Å². The molecule has 0 amide bonds. The van der Waals surface area contributed by atoms with Gasteiger partial charge in [0.25, 0.3) is 0 Å². The molecule has 1 atom stereocenters. The highest BCUT2D eigenvalue weighted by molar-refractivity contribution is 6.31. The van der Waals surface area contributed by atoms with Crippen LogP contribution in [0.5, 0.6) is 0 Å². The van der Waals surface area contributed by atoms with E-state index < -0.39 is 6.04 Å². The fraction of sp³-hybridized carbons (Fsp3) is 0.0667. The van der Waals surface area contributed by atoms with Gasteiger partial charge in [0.1, 0.15) is 5.82 Å². The van der Waals surface area contributed by atoms with E-state index in [1.165, 1.54) is 18.2 Å². The number of hydrogen-bond donors (Lipinski definition) is 1. The molecule has 0 aliphatic rings. The van der Waals surface area contributed by atoms with Gasteiger partial charge in [0.2, 0.25) is 0 Å². The van der Waals surface area contributed by atoms with Crippen LogP contribution in [0.15, 0.2) is 48.7 Å². The zero-order valence-corrected chi connectivity index (χ0v) is 11.2. The minimum Gasteiger partial charge on any atom is -0.319 e. The molecular weight excluding hydrogens is 277 g/mol. The number of nitrogens with zero attached hydrogens (tertiary/aromatic N) is 2. The van der Waals surface area contributed by atoms with Gasteiger partial charge in [0.15, 0.2) is 0 Å². The van der Waals surface area contributed by atoms with Gasteiger partial charge in [-0.25, -0.2) is 9.37 Å². The van der Waals surface area contributed by atoms with Crippen LogP contribution in [0.1, 0.15) is 17.3 Å². The lowest BCUT2D eigenvalue weighted by Crippen LogP contribution is -2.14. The van der Waals surface area contributed by atoms with Crippen molar-refractivity contribution in [3.05, 3.63) is 70.8 Å². The first kappa shape index (κ1) is 13.0. The van der Waals surface area contributed by atoms with Crippen molar-refractivity contribution in [3.8, 4) is 0 Å². The summed E-state index contributed by atoms with van der Waals surface area (Å²) in [6, 6.07) is 11.0. The molecule has 0 spiro atoms. The Morgan fingerprint density at radius 3 is 2.65 bits per heavy atom. The Morgan fingerprint density at radius 1 is 1.10 bits per heavy atom. The fourth-order valence-corrected chi connectivity index (χ4v) is 2.27. The van der Waals surface area contributed by atoms with Gasteiger partial charge in [-0.1, -0.05) is 23.7 Å². The summed E-state index contributed by atoms with van der Waals surface area (Å²) in [5.74, 6) is -0.381. The zero-order chi connectivity index (χ0) is 14.1. The summed E-state index contributed by atoms with van der Waals surface area (Å²) in [6.07, 6.45) is 1.59. The van der Waals surface area contributed by atoms with E-state index in [9.17, 15) is 4.39 Å². The molecule has 5 heteroatoms. The summed E-state index contributed by atoms with van der Waals surface area (Å²) in [5, 5.41) is 0.411. The smallest absolute Gasteiger partial charge is 0.123 e. The predicted octanol–water partition coefficient (Wildman–Crippen LogP) is 3.47. The van der Waals surface area contributed by atoms with E-state index in [0.717, 1.165) is 11.0 Å². The number of fused-ring (bicyclic) bond motifs is 1. The Labute approximate surface area is 120 Å². The van der Waals surface area contributed by atoms with Crippen molar-refractivity contribution in [1.29, 1.82) is 0 Å². The number of benzene rings is 2. The lowest BCUT2D eigenvalue weighted by molar-refractivity contribution is 0.623. The monoisotopic (exact) mass is 287 g/mol. The third-order valence-electron chi connectivity index (χ3n) is 3.08. The molecule has 20 heavy (non-hydrogen) atoms. The molecule has 3 aromatic rings. The van der Waals surface area contributed by atoms with Crippen LogP contribution in [0.4, 0.5) is 4.39 Å². The Kier molecular flexibility index (Phi) is 3.34. The summed E-state index contributed by atoms with van der Waals surface area (Å²) < 4.78 is 13.3. The maximum Gasteiger partial charge on any atom is 0.123 e. The maximum absolute atomic E-state index is 13.3. The van der Waals surface area contributed by atoms with E-state index in [2.05, 4.69) is 9.97 Å². The van der Waals surface area contributed by atoms with Gasteiger partial charge in [-0.3, -0.25) is 4.98 Å². The highest BCUT2D eigenvalue weighted by Crippen LogP contribution is 2.26. The predicted molar refractivity (Wildman–Crippen MR) is 77.0 cm³/mol. The summed E-state index contributed by atoms with van der Waals surface area (Å²) in [7, 11) is 0. The van der Waals surface area contributed by atoms with Gasteiger partial charge in [-0.2, -0.15) is 0 Å². The molecular formula is C15H11ClFN3. The SMILES string of the molecule is NC(c1cnc2ccccc2n1)c1cc(F)ccc1Cl. The number of hydrogen-bond acceptors (Lipinski definition) is 3. The molecule has 0 radical (unpaired) electrons. The average molecular weight is 288 g/mol. The Balaban J connectivity index is 2.07. The first-order valence-corrected chi connectivity index (χ1v) is 6.45. The van der Waals surface area contributed by atoms with Crippen LogP contribution in [0.3, 0.4) is 0 Å². The van der Waals surface area contributed by atoms with E-state index in [-0.39, 0.29) is 5.82 Å². The van der Waals surface area contributed by atoms with E-state index in [1.54, 1.807) is 6.20 Å². The van der Waals surface area contributed by atoms with Gasteiger partial charge >= 0.3 is 0 Å². The highest BCUT2D eigenvalue weighted by atomic mass is 35.5. The molecule has 2 aromatic carbocycles. The van der Waals surface area contributed by atoms with Crippen LogP contribution in [0.2, 0.25) is 5.02 Å². The van der Waals surface area contributed by atoms with Crippen molar-refractivity contribution >= 4 is 22.6 Å². The van der Waals surface area contributed by atoms with Gasteiger partial charge in [0.05, 0.1) is 29.0 Å². The molecule has 0 aliphatic heterocycles. The number of halogens is 2. The van der Waals surface area contributed by atoms with Crippen molar-refractivity contribution in [1.82, 2.24) is 9.97 Å². The second-order valence-corrected chi connectivity index (χ2v) is 4.83. The van der Waals surface area contributed by atoms with Gasteiger partial charge < -0.3 is 5.73 Å². The van der Waals surface area contributed by atoms with Crippen LogP contribution < -0.4 is 5.73 Å². The van der Waals surface area contributed by atoms with Crippen molar-refractivity contribution in [2.45, 2.75) is 6.04 Å². The second kappa shape index (κ2) is 5.15. The molecule has 1 aromatic heterocycles. The molecule has 3 nitrogen and oxygen atoms in total. The Morgan fingerprint density at radius 2 is 1.85 bits per heavy atom. The van der Waals surface area contributed by atoms with Crippen molar-refractivity contribution in [2.75, 3.05) is 0 Å². The fourth-order valence-electron chi connectivity index (χ4n) is 2.03. The van der Waals surface area contributed by atoms with Crippen LogP contribution in [-0.2, 0) is 0 Å². The first-order valence-electron chi connectivity index (χ1n) is 6.07. The van der Waals surface area contributed by atoms with Crippen molar-refractivity contribution in [2.24, 2.45) is 5.73 Å². The second-order valence-electron chi connectivity index (χ2n) is 4.43. The molecule has 0 fully saturated rings. The molecule has 0 bridgehead atoms. The molecule has 100 valence electrons. The standard InChI is InChI=1S/C15H11ClFN3/c16-11-6-5-9(17)7-10(11)15(18)14-8-19-12-3-1-2-4-13(12)20-14/h1-8,15H,18H2. The quantitative estimate of drug-likeness (QED) is 0.785. The minimum absolute atomic E-state index is 0.381. The Hall–Kier alpha value is -2.04. The highest BCUT2D eigenvalue weighted by Gasteiger charge is 2.15. The third-order valence-corrected chi connectivity index (χ3v) is 3.42. The summed E-state index contributed by atoms with van der Waals surface area (Å²) >= 11 is 6.06. The lowest BCUT2D eigenvalue weighted by atomic mass is 10.0.